The summed E-state index contributed by atoms with van der Waals surface area (Å²) in [5.41, 5.74) is 7.87. The lowest BCUT2D eigenvalue weighted by molar-refractivity contribution is 0.599. The molecule has 0 saturated heterocycles. The van der Waals surface area contributed by atoms with E-state index in [1.807, 2.05) is 18.2 Å². The highest BCUT2D eigenvalue weighted by Crippen LogP contribution is 2.34. The molecule has 1 aliphatic rings. The maximum absolute atomic E-state index is 5.73. The third-order valence-electron chi connectivity index (χ3n) is 3.10. The highest BCUT2D eigenvalue weighted by atomic mass is 15.0. The van der Waals surface area contributed by atoms with Crippen molar-refractivity contribution in [3.8, 4) is 0 Å². The van der Waals surface area contributed by atoms with E-state index in [2.05, 4.69) is 18.3 Å². The Bertz CT molecular complexity index is 322. The summed E-state index contributed by atoms with van der Waals surface area (Å²) in [7, 11) is 0. The van der Waals surface area contributed by atoms with Gasteiger partial charge in [-0.3, -0.25) is 0 Å². The summed E-state index contributed by atoms with van der Waals surface area (Å²) in [6, 6.07) is 8.88. The van der Waals surface area contributed by atoms with Crippen molar-refractivity contribution in [3.63, 3.8) is 0 Å². The fraction of sp³-hybridized carbons (Fsp3) is 0.538. The molecule has 82 valence electrons. The number of rotatable bonds is 5. The van der Waals surface area contributed by atoms with Gasteiger partial charge in [0, 0.05) is 18.3 Å². The summed E-state index contributed by atoms with van der Waals surface area (Å²) in [4.78, 5) is 0. The van der Waals surface area contributed by atoms with Crippen LogP contribution in [0.3, 0.4) is 0 Å². The topological polar surface area (TPSA) is 38.0 Å². The van der Waals surface area contributed by atoms with E-state index >= 15 is 0 Å². The number of hydrogen-bond donors (Lipinski definition) is 2. The normalized spacial score (nSPS) is 24.1. The minimum absolute atomic E-state index is 0.756. The van der Waals surface area contributed by atoms with Crippen molar-refractivity contribution in [2.45, 2.75) is 38.8 Å². The Hall–Kier alpha value is -1.02. The van der Waals surface area contributed by atoms with Crippen LogP contribution in [0.4, 0.5) is 5.69 Å². The number of anilines is 1. The van der Waals surface area contributed by atoms with Gasteiger partial charge in [0.25, 0.3) is 0 Å². The molecule has 0 amide bonds. The monoisotopic (exact) mass is 204 g/mol. The van der Waals surface area contributed by atoms with Crippen LogP contribution in [0.25, 0.3) is 0 Å². The van der Waals surface area contributed by atoms with Gasteiger partial charge in [0.15, 0.2) is 0 Å². The second-order valence-electron chi connectivity index (χ2n) is 4.52. The highest BCUT2D eigenvalue weighted by Gasteiger charge is 2.35. The second-order valence-corrected chi connectivity index (χ2v) is 4.52. The molecule has 2 nitrogen and oxygen atoms in total. The van der Waals surface area contributed by atoms with Crippen molar-refractivity contribution in [2.75, 3.05) is 5.73 Å². The van der Waals surface area contributed by atoms with Gasteiger partial charge in [0.05, 0.1) is 0 Å². The Morgan fingerprint density at radius 1 is 1.47 bits per heavy atom. The van der Waals surface area contributed by atoms with Crippen LogP contribution in [-0.2, 0) is 6.54 Å². The van der Waals surface area contributed by atoms with Gasteiger partial charge in [0.1, 0.15) is 0 Å². The summed E-state index contributed by atoms with van der Waals surface area (Å²) in [5, 5.41) is 3.58. The third kappa shape index (κ3) is 2.96. The molecule has 0 radical (unpaired) electrons. The maximum Gasteiger partial charge on any atom is 0.0317 e. The van der Waals surface area contributed by atoms with Crippen LogP contribution in [0, 0.1) is 5.92 Å². The molecule has 0 aliphatic heterocycles. The van der Waals surface area contributed by atoms with Crippen molar-refractivity contribution in [2.24, 2.45) is 5.92 Å². The van der Waals surface area contributed by atoms with Crippen LogP contribution in [-0.4, -0.2) is 6.04 Å². The fourth-order valence-corrected chi connectivity index (χ4v) is 2.14. The Kier molecular flexibility index (Phi) is 3.27. The number of nitrogen functional groups attached to an aromatic ring is 1. The predicted octanol–water partition coefficient (Wildman–Crippen LogP) is 2.55. The van der Waals surface area contributed by atoms with E-state index in [4.69, 9.17) is 5.73 Å². The molecule has 0 heterocycles. The molecule has 1 aliphatic carbocycles. The second kappa shape index (κ2) is 4.67. The highest BCUT2D eigenvalue weighted by molar-refractivity contribution is 5.40. The quantitative estimate of drug-likeness (QED) is 0.723. The first-order valence-electron chi connectivity index (χ1n) is 5.87. The van der Waals surface area contributed by atoms with Gasteiger partial charge in [-0.25, -0.2) is 0 Å². The van der Waals surface area contributed by atoms with Crippen molar-refractivity contribution in [1.29, 1.82) is 0 Å². The molecule has 1 saturated carbocycles. The summed E-state index contributed by atoms with van der Waals surface area (Å²) < 4.78 is 0. The molecular weight excluding hydrogens is 184 g/mol. The molecule has 2 atom stereocenters. The van der Waals surface area contributed by atoms with Gasteiger partial charge in [-0.15, -0.1) is 0 Å². The van der Waals surface area contributed by atoms with Gasteiger partial charge >= 0.3 is 0 Å². The molecule has 2 heteroatoms. The minimum atomic E-state index is 0.756. The van der Waals surface area contributed by atoms with Gasteiger partial charge in [-0.1, -0.05) is 25.5 Å². The summed E-state index contributed by atoms with van der Waals surface area (Å²) in [5.74, 6) is 0.927. The van der Waals surface area contributed by atoms with Crippen molar-refractivity contribution < 1.29 is 0 Å². The Morgan fingerprint density at radius 3 is 3.07 bits per heavy atom. The van der Waals surface area contributed by atoms with Crippen LogP contribution in [0.15, 0.2) is 24.3 Å². The molecule has 2 rings (SSSR count). The maximum atomic E-state index is 5.73. The zero-order valence-electron chi connectivity index (χ0n) is 9.37. The van der Waals surface area contributed by atoms with Gasteiger partial charge in [-0.2, -0.15) is 0 Å². The zero-order valence-corrected chi connectivity index (χ0v) is 9.37. The van der Waals surface area contributed by atoms with Crippen LogP contribution in [0.1, 0.15) is 31.7 Å². The van der Waals surface area contributed by atoms with Crippen molar-refractivity contribution in [1.82, 2.24) is 5.32 Å². The largest absolute Gasteiger partial charge is 0.399 e. The van der Waals surface area contributed by atoms with Crippen molar-refractivity contribution in [3.05, 3.63) is 29.8 Å². The van der Waals surface area contributed by atoms with E-state index in [-0.39, 0.29) is 0 Å². The van der Waals surface area contributed by atoms with Gasteiger partial charge in [-0.05, 0) is 36.5 Å². The molecule has 1 aromatic rings. The number of benzene rings is 1. The first-order valence-corrected chi connectivity index (χ1v) is 5.87. The molecule has 3 N–H and O–H groups in total. The summed E-state index contributed by atoms with van der Waals surface area (Å²) >= 11 is 0. The van der Waals surface area contributed by atoms with E-state index in [0.717, 1.165) is 24.2 Å². The average molecular weight is 204 g/mol. The lowest BCUT2D eigenvalue weighted by Crippen LogP contribution is -2.17. The van der Waals surface area contributed by atoms with E-state index < -0.39 is 0 Å². The molecule has 0 spiro atoms. The lowest BCUT2D eigenvalue weighted by Gasteiger charge is -2.04. The zero-order chi connectivity index (χ0) is 10.7. The van der Waals surface area contributed by atoms with Crippen molar-refractivity contribution >= 4 is 5.69 Å². The minimum Gasteiger partial charge on any atom is -0.399 e. The smallest absolute Gasteiger partial charge is 0.0317 e. The molecule has 1 aromatic carbocycles. The van der Waals surface area contributed by atoms with Crippen LogP contribution in [0.2, 0.25) is 0 Å². The van der Waals surface area contributed by atoms with E-state index in [9.17, 15) is 0 Å². The van der Waals surface area contributed by atoms with E-state index in [0.29, 0.717) is 0 Å². The van der Waals surface area contributed by atoms with Crippen LogP contribution in [0.5, 0.6) is 0 Å². The predicted molar refractivity (Wildman–Crippen MR) is 64.5 cm³/mol. The number of nitrogens with two attached hydrogens (primary N) is 1. The SMILES string of the molecule is CCCC1CC1NCc1cccc(N)c1. The molecule has 0 aromatic heterocycles. The Morgan fingerprint density at radius 2 is 2.33 bits per heavy atom. The molecule has 0 bridgehead atoms. The standard InChI is InChI=1S/C13H20N2/c1-2-4-11-8-13(11)15-9-10-5-3-6-12(14)7-10/h3,5-7,11,13,15H,2,4,8-9,14H2,1H3. The first kappa shape index (κ1) is 10.5. The van der Waals surface area contributed by atoms with Crippen LogP contribution >= 0.6 is 0 Å². The van der Waals surface area contributed by atoms with E-state index in [1.54, 1.807) is 0 Å². The Labute approximate surface area is 91.9 Å². The number of hydrogen-bond acceptors (Lipinski definition) is 2. The first-order chi connectivity index (χ1) is 7.29. The average Bonchev–Trinajstić information content (AvgIpc) is 2.95. The molecule has 15 heavy (non-hydrogen) atoms. The summed E-state index contributed by atoms with van der Waals surface area (Å²) in [6.45, 7) is 3.21. The summed E-state index contributed by atoms with van der Waals surface area (Å²) in [6.07, 6.45) is 4.03. The Balaban J connectivity index is 1.75. The molecule has 2 unspecified atom stereocenters. The van der Waals surface area contributed by atoms with Crippen LogP contribution < -0.4 is 11.1 Å². The lowest BCUT2D eigenvalue weighted by atomic mass is 10.2. The molecule has 1 fully saturated rings. The van der Waals surface area contributed by atoms with Gasteiger partial charge in [0.2, 0.25) is 0 Å². The number of nitrogens with one attached hydrogen (secondary N) is 1. The van der Waals surface area contributed by atoms with E-state index in [1.165, 1.54) is 24.8 Å². The fourth-order valence-electron chi connectivity index (χ4n) is 2.14. The third-order valence-corrected chi connectivity index (χ3v) is 3.10. The molecular formula is C13H20N2. The van der Waals surface area contributed by atoms with Gasteiger partial charge < -0.3 is 11.1 Å².